The average Bonchev–Trinajstić information content (AvgIpc) is 2.88. The number of aliphatic hydroxyl groups is 1. The van der Waals surface area contributed by atoms with Crippen LogP contribution in [0, 0.1) is 11.8 Å². The van der Waals surface area contributed by atoms with Crippen molar-refractivity contribution >= 4 is 5.91 Å². The number of amides is 1. The molecule has 0 bridgehead atoms. The first-order valence-electron chi connectivity index (χ1n) is 6.15. The number of hydrogen-bond donors (Lipinski definition) is 2. The van der Waals surface area contributed by atoms with E-state index in [1.807, 2.05) is 17.8 Å². The fourth-order valence-electron chi connectivity index (χ4n) is 1.67. The smallest absolute Gasteiger partial charge is 0.251 e. The van der Waals surface area contributed by atoms with E-state index in [0.29, 0.717) is 12.1 Å². The van der Waals surface area contributed by atoms with Crippen molar-refractivity contribution in [3.8, 4) is 11.8 Å². The minimum absolute atomic E-state index is 0.158. The van der Waals surface area contributed by atoms with Gasteiger partial charge in [0.15, 0.2) is 0 Å². The molecule has 0 aliphatic carbocycles. The van der Waals surface area contributed by atoms with Crippen molar-refractivity contribution in [1.29, 1.82) is 0 Å². The first kappa shape index (κ1) is 13.8. The minimum atomic E-state index is -0.175. The second-order valence-electron chi connectivity index (χ2n) is 4.17. The molecule has 0 aliphatic heterocycles. The molecule has 20 heavy (non-hydrogen) atoms. The van der Waals surface area contributed by atoms with Crippen LogP contribution in [0.5, 0.6) is 0 Å². The van der Waals surface area contributed by atoms with Crippen LogP contribution < -0.4 is 5.32 Å². The van der Waals surface area contributed by atoms with E-state index in [1.165, 1.54) is 0 Å². The third-order valence-electron chi connectivity index (χ3n) is 2.79. The predicted molar refractivity (Wildman–Crippen MR) is 74.8 cm³/mol. The van der Waals surface area contributed by atoms with E-state index in [-0.39, 0.29) is 12.5 Å². The third kappa shape index (κ3) is 3.46. The monoisotopic (exact) mass is 269 g/mol. The van der Waals surface area contributed by atoms with E-state index in [2.05, 4.69) is 22.1 Å². The highest BCUT2D eigenvalue weighted by molar-refractivity contribution is 5.94. The molecule has 0 spiro atoms. The summed E-state index contributed by atoms with van der Waals surface area (Å²) in [5.74, 6) is 5.97. The first-order chi connectivity index (χ1) is 9.70. The summed E-state index contributed by atoms with van der Waals surface area (Å²) in [4.78, 5) is 16.1. The Balaban J connectivity index is 1.97. The number of nitrogens with zero attached hydrogens (tertiary/aromatic N) is 2. The van der Waals surface area contributed by atoms with Gasteiger partial charge in [-0.25, -0.2) is 4.98 Å². The maximum atomic E-state index is 12.0. The Morgan fingerprint density at radius 3 is 2.75 bits per heavy atom. The zero-order valence-electron chi connectivity index (χ0n) is 11.1. The van der Waals surface area contributed by atoms with Crippen LogP contribution in [0.25, 0.3) is 0 Å². The molecular weight excluding hydrogens is 254 g/mol. The SMILES string of the molecule is Cn1ccnc1CNC(=O)c1ccc(C#CCO)cc1. The fourth-order valence-corrected chi connectivity index (χ4v) is 1.67. The highest BCUT2D eigenvalue weighted by atomic mass is 16.2. The molecule has 0 radical (unpaired) electrons. The maximum absolute atomic E-state index is 12.0. The number of carbonyl (C=O) groups is 1. The number of carbonyl (C=O) groups excluding carboxylic acids is 1. The van der Waals surface area contributed by atoms with Gasteiger partial charge in [0.25, 0.3) is 5.91 Å². The lowest BCUT2D eigenvalue weighted by Crippen LogP contribution is -2.24. The number of hydrogen-bond acceptors (Lipinski definition) is 3. The molecule has 1 aromatic carbocycles. The van der Waals surface area contributed by atoms with Crippen LogP contribution >= 0.6 is 0 Å². The lowest BCUT2D eigenvalue weighted by atomic mass is 10.1. The van der Waals surface area contributed by atoms with Crippen molar-refractivity contribution < 1.29 is 9.90 Å². The van der Waals surface area contributed by atoms with Crippen LogP contribution in [0.3, 0.4) is 0 Å². The molecular formula is C15H15N3O2. The molecule has 1 amide bonds. The average molecular weight is 269 g/mol. The summed E-state index contributed by atoms with van der Waals surface area (Å²) in [6.07, 6.45) is 3.52. The molecule has 0 saturated heterocycles. The van der Waals surface area contributed by atoms with Gasteiger partial charge in [-0.1, -0.05) is 11.8 Å². The molecule has 5 nitrogen and oxygen atoms in total. The third-order valence-corrected chi connectivity index (χ3v) is 2.79. The molecule has 1 heterocycles. The molecule has 0 atom stereocenters. The molecule has 2 aromatic rings. The van der Waals surface area contributed by atoms with E-state index < -0.39 is 0 Å². The van der Waals surface area contributed by atoms with Crippen molar-refractivity contribution in [2.24, 2.45) is 7.05 Å². The zero-order valence-corrected chi connectivity index (χ0v) is 11.1. The number of benzene rings is 1. The van der Waals surface area contributed by atoms with Crippen molar-refractivity contribution in [1.82, 2.24) is 14.9 Å². The Hall–Kier alpha value is -2.58. The first-order valence-corrected chi connectivity index (χ1v) is 6.15. The number of aliphatic hydroxyl groups excluding tert-OH is 1. The molecule has 2 rings (SSSR count). The van der Waals surface area contributed by atoms with Crippen LogP contribution in [-0.4, -0.2) is 27.2 Å². The summed E-state index contributed by atoms with van der Waals surface area (Å²) in [6, 6.07) is 6.90. The minimum Gasteiger partial charge on any atom is -0.384 e. The topological polar surface area (TPSA) is 67.2 Å². The molecule has 1 aromatic heterocycles. The Labute approximate surface area is 117 Å². The van der Waals surface area contributed by atoms with Crippen LogP contribution in [-0.2, 0) is 13.6 Å². The van der Waals surface area contributed by atoms with Crippen molar-refractivity contribution in [2.45, 2.75) is 6.54 Å². The predicted octanol–water partition coefficient (Wildman–Crippen LogP) is 0.694. The highest BCUT2D eigenvalue weighted by Gasteiger charge is 2.06. The van der Waals surface area contributed by atoms with E-state index in [4.69, 9.17) is 5.11 Å². The normalized spacial score (nSPS) is 9.70. The lowest BCUT2D eigenvalue weighted by Gasteiger charge is -2.05. The number of aromatic nitrogens is 2. The highest BCUT2D eigenvalue weighted by Crippen LogP contribution is 2.04. The Kier molecular flexibility index (Phi) is 4.53. The molecule has 2 N–H and O–H groups in total. The zero-order chi connectivity index (χ0) is 14.4. The van der Waals surface area contributed by atoms with Gasteiger partial charge in [-0.05, 0) is 24.3 Å². The molecule has 0 unspecified atom stereocenters. The number of imidazole rings is 1. The van der Waals surface area contributed by atoms with Gasteiger partial charge in [0.1, 0.15) is 12.4 Å². The number of nitrogens with one attached hydrogen (secondary N) is 1. The molecule has 0 saturated carbocycles. The van der Waals surface area contributed by atoms with Gasteiger partial charge in [-0.3, -0.25) is 4.79 Å². The van der Waals surface area contributed by atoms with Gasteiger partial charge < -0.3 is 15.0 Å². The van der Waals surface area contributed by atoms with Crippen LogP contribution in [0.1, 0.15) is 21.7 Å². The van der Waals surface area contributed by atoms with Crippen molar-refractivity contribution in [3.05, 3.63) is 53.6 Å². The summed E-state index contributed by atoms with van der Waals surface area (Å²) in [5, 5.41) is 11.4. The maximum Gasteiger partial charge on any atom is 0.251 e. The van der Waals surface area contributed by atoms with E-state index in [0.717, 1.165) is 11.4 Å². The van der Waals surface area contributed by atoms with Crippen LogP contribution in [0.2, 0.25) is 0 Å². The van der Waals surface area contributed by atoms with E-state index in [9.17, 15) is 4.79 Å². The Morgan fingerprint density at radius 2 is 2.15 bits per heavy atom. The van der Waals surface area contributed by atoms with Gasteiger partial charge in [-0.15, -0.1) is 0 Å². The van der Waals surface area contributed by atoms with Gasteiger partial charge in [-0.2, -0.15) is 0 Å². The number of rotatable bonds is 3. The Morgan fingerprint density at radius 1 is 1.40 bits per heavy atom. The van der Waals surface area contributed by atoms with Crippen LogP contribution in [0.15, 0.2) is 36.7 Å². The van der Waals surface area contributed by atoms with E-state index in [1.54, 1.807) is 30.5 Å². The summed E-state index contributed by atoms with van der Waals surface area (Å²) >= 11 is 0. The Bertz CT molecular complexity index is 648. The summed E-state index contributed by atoms with van der Waals surface area (Å²) in [5.41, 5.74) is 1.33. The van der Waals surface area contributed by atoms with Crippen molar-refractivity contribution in [3.63, 3.8) is 0 Å². The molecule has 0 aliphatic rings. The van der Waals surface area contributed by atoms with Crippen LogP contribution in [0.4, 0.5) is 0 Å². The molecule has 0 fully saturated rings. The van der Waals surface area contributed by atoms with Gasteiger partial charge in [0.2, 0.25) is 0 Å². The second-order valence-corrected chi connectivity index (χ2v) is 4.17. The van der Waals surface area contributed by atoms with Gasteiger partial charge in [0.05, 0.1) is 6.54 Å². The van der Waals surface area contributed by atoms with E-state index >= 15 is 0 Å². The summed E-state index contributed by atoms with van der Waals surface area (Å²) < 4.78 is 1.86. The fraction of sp³-hybridized carbons (Fsp3) is 0.200. The van der Waals surface area contributed by atoms with Gasteiger partial charge in [0, 0.05) is 30.6 Å². The summed E-state index contributed by atoms with van der Waals surface area (Å²) in [7, 11) is 1.88. The quantitative estimate of drug-likeness (QED) is 0.806. The summed E-state index contributed by atoms with van der Waals surface area (Å²) in [6.45, 7) is 0.209. The standard InChI is InChI=1S/C15H15N3O2/c1-18-9-8-16-14(18)11-17-15(20)13-6-4-12(5-7-13)3-2-10-19/h4-9,19H,10-11H2,1H3,(H,17,20). The largest absolute Gasteiger partial charge is 0.384 e. The molecule has 5 heteroatoms. The van der Waals surface area contributed by atoms with Crippen molar-refractivity contribution in [2.75, 3.05) is 6.61 Å². The number of aryl methyl sites for hydroxylation is 1. The second kappa shape index (κ2) is 6.55. The molecule has 102 valence electrons. The van der Waals surface area contributed by atoms with Gasteiger partial charge >= 0.3 is 0 Å². The lowest BCUT2D eigenvalue weighted by molar-refractivity contribution is 0.0949.